The van der Waals surface area contributed by atoms with Crippen LogP contribution in [0, 0.1) is 13.8 Å². The maximum absolute atomic E-state index is 6.33. The predicted octanol–water partition coefficient (Wildman–Crippen LogP) is 3.84. The Labute approximate surface area is 135 Å². The molecule has 0 bridgehead atoms. The van der Waals surface area contributed by atoms with Gasteiger partial charge in [-0.05, 0) is 32.4 Å². The molecule has 2 rings (SSSR count). The molecule has 2 aromatic rings. The van der Waals surface area contributed by atoms with Gasteiger partial charge in [0, 0.05) is 29.7 Å². The first kappa shape index (κ1) is 16.4. The zero-order valence-electron chi connectivity index (χ0n) is 12.8. The van der Waals surface area contributed by atoms with E-state index in [1.165, 1.54) is 10.5 Å². The van der Waals surface area contributed by atoms with Gasteiger partial charge in [0.15, 0.2) is 0 Å². The van der Waals surface area contributed by atoms with Crippen molar-refractivity contribution in [1.29, 1.82) is 0 Å². The molecule has 5 heteroatoms. The zero-order valence-corrected chi connectivity index (χ0v) is 14.3. The lowest BCUT2D eigenvalue weighted by Gasteiger charge is -2.13. The second-order valence-corrected chi connectivity index (χ2v) is 6.64. The average Bonchev–Trinajstić information content (AvgIpc) is 2.74. The fourth-order valence-corrected chi connectivity index (χ4v) is 3.48. The van der Waals surface area contributed by atoms with Crippen molar-refractivity contribution in [2.24, 2.45) is 5.73 Å². The maximum atomic E-state index is 6.33. The highest BCUT2D eigenvalue weighted by atomic mass is 35.5. The molecule has 0 aliphatic heterocycles. The highest BCUT2D eigenvalue weighted by molar-refractivity contribution is 7.99. The molecule has 1 heterocycles. The van der Waals surface area contributed by atoms with Gasteiger partial charge in [-0.3, -0.25) is 4.68 Å². The van der Waals surface area contributed by atoms with E-state index in [1.54, 1.807) is 11.8 Å². The second kappa shape index (κ2) is 7.34. The molecule has 0 amide bonds. The molecule has 0 fully saturated rings. The number of benzene rings is 1. The van der Waals surface area contributed by atoms with E-state index in [1.807, 2.05) is 11.6 Å². The summed E-state index contributed by atoms with van der Waals surface area (Å²) >= 11 is 8.14. The standard InChI is InChI=1S/C16H22ClN3S/c1-4-20-14(16(17)12(3)19-20)9-13(18)10-21-15-8-6-5-7-11(15)2/h5-8,13H,4,9-10,18H2,1-3H3. The van der Waals surface area contributed by atoms with Gasteiger partial charge in [-0.2, -0.15) is 5.10 Å². The van der Waals surface area contributed by atoms with Crippen molar-refractivity contribution in [1.82, 2.24) is 9.78 Å². The number of hydrogen-bond donors (Lipinski definition) is 1. The first-order valence-corrected chi connectivity index (χ1v) is 8.55. The number of nitrogens with two attached hydrogens (primary N) is 1. The van der Waals surface area contributed by atoms with Gasteiger partial charge in [-0.1, -0.05) is 29.8 Å². The third-order valence-electron chi connectivity index (χ3n) is 3.45. The lowest BCUT2D eigenvalue weighted by atomic mass is 10.2. The van der Waals surface area contributed by atoms with Crippen molar-refractivity contribution in [2.75, 3.05) is 5.75 Å². The van der Waals surface area contributed by atoms with Gasteiger partial charge < -0.3 is 5.73 Å². The van der Waals surface area contributed by atoms with Crippen LogP contribution in [-0.4, -0.2) is 21.6 Å². The number of aromatic nitrogens is 2. The molecule has 0 aliphatic rings. The Morgan fingerprint density at radius 2 is 2.05 bits per heavy atom. The summed E-state index contributed by atoms with van der Waals surface area (Å²) in [6.07, 6.45) is 0.756. The Balaban J connectivity index is 1.99. The Hall–Kier alpha value is -0.970. The second-order valence-electron chi connectivity index (χ2n) is 5.20. The molecule has 0 aliphatic carbocycles. The fraction of sp³-hybridized carbons (Fsp3) is 0.438. The number of hydrogen-bond acceptors (Lipinski definition) is 3. The van der Waals surface area contributed by atoms with Crippen LogP contribution in [0.25, 0.3) is 0 Å². The molecular formula is C16H22ClN3S. The summed E-state index contributed by atoms with van der Waals surface area (Å²) in [4.78, 5) is 1.29. The molecule has 114 valence electrons. The molecule has 21 heavy (non-hydrogen) atoms. The fourth-order valence-electron chi connectivity index (χ4n) is 2.29. The van der Waals surface area contributed by atoms with Crippen molar-refractivity contribution in [2.45, 2.75) is 44.7 Å². The molecule has 0 spiro atoms. The number of aryl methyl sites for hydroxylation is 3. The number of halogens is 1. The lowest BCUT2D eigenvalue weighted by Crippen LogP contribution is -2.27. The van der Waals surface area contributed by atoms with Crippen LogP contribution >= 0.6 is 23.4 Å². The van der Waals surface area contributed by atoms with E-state index in [0.717, 1.165) is 35.1 Å². The Morgan fingerprint density at radius 3 is 2.71 bits per heavy atom. The first-order valence-electron chi connectivity index (χ1n) is 7.18. The molecule has 3 nitrogen and oxygen atoms in total. The summed E-state index contributed by atoms with van der Waals surface area (Å²) in [5, 5.41) is 5.19. The average molecular weight is 324 g/mol. The summed E-state index contributed by atoms with van der Waals surface area (Å²) in [5.41, 5.74) is 9.51. The van der Waals surface area contributed by atoms with Gasteiger partial charge in [0.1, 0.15) is 0 Å². The minimum Gasteiger partial charge on any atom is -0.327 e. The van der Waals surface area contributed by atoms with E-state index in [4.69, 9.17) is 17.3 Å². The number of thioether (sulfide) groups is 1. The van der Waals surface area contributed by atoms with Gasteiger partial charge in [0.2, 0.25) is 0 Å². The largest absolute Gasteiger partial charge is 0.327 e. The monoisotopic (exact) mass is 323 g/mol. The van der Waals surface area contributed by atoms with Crippen molar-refractivity contribution in [3.63, 3.8) is 0 Å². The van der Waals surface area contributed by atoms with E-state index >= 15 is 0 Å². The predicted molar refractivity (Wildman–Crippen MR) is 91.2 cm³/mol. The van der Waals surface area contributed by atoms with Gasteiger partial charge >= 0.3 is 0 Å². The molecule has 1 unspecified atom stereocenters. The van der Waals surface area contributed by atoms with Crippen LogP contribution in [0.2, 0.25) is 5.02 Å². The Bertz CT molecular complexity index is 610. The highest BCUT2D eigenvalue weighted by Crippen LogP contribution is 2.25. The summed E-state index contributed by atoms with van der Waals surface area (Å²) in [5.74, 6) is 0.870. The van der Waals surface area contributed by atoms with Crippen LogP contribution in [0.4, 0.5) is 0 Å². The smallest absolute Gasteiger partial charge is 0.0847 e. The minimum atomic E-state index is 0.0634. The molecule has 1 aromatic heterocycles. The molecule has 0 radical (unpaired) electrons. The van der Waals surface area contributed by atoms with E-state index < -0.39 is 0 Å². The van der Waals surface area contributed by atoms with Gasteiger partial charge in [-0.25, -0.2) is 0 Å². The molecular weight excluding hydrogens is 302 g/mol. The summed E-state index contributed by atoms with van der Waals surface area (Å²) in [7, 11) is 0. The van der Waals surface area contributed by atoms with Crippen LogP contribution in [0.3, 0.4) is 0 Å². The SMILES string of the molecule is CCn1nc(C)c(Cl)c1CC(N)CSc1ccccc1C. The zero-order chi connectivity index (χ0) is 15.4. The van der Waals surface area contributed by atoms with Crippen molar-refractivity contribution < 1.29 is 0 Å². The molecule has 0 saturated carbocycles. The molecule has 1 aromatic carbocycles. The van der Waals surface area contributed by atoms with Crippen molar-refractivity contribution >= 4 is 23.4 Å². The van der Waals surface area contributed by atoms with Crippen LogP contribution in [0.15, 0.2) is 29.2 Å². The highest BCUT2D eigenvalue weighted by Gasteiger charge is 2.16. The lowest BCUT2D eigenvalue weighted by molar-refractivity contribution is 0.594. The van der Waals surface area contributed by atoms with Crippen LogP contribution in [0.5, 0.6) is 0 Å². The van der Waals surface area contributed by atoms with Crippen molar-refractivity contribution in [3.05, 3.63) is 46.2 Å². The third kappa shape index (κ3) is 4.02. The summed E-state index contributed by atoms with van der Waals surface area (Å²) < 4.78 is 1.95. The first-order chi connectivity index (χ1) is 10.0. The van der Waals surface area contributed by atoms with Gasteiger partial charge in [0.05, 0.1) is 16.4 Å². The molecule has 2 N–H and O–H groups in total. The summed E-state index contributed by atoms with van der Waals surface area (Å²) in [6.45, 7) is 6.95. The summed E-state index contributed by atoms with van der Waals surface area (Å²) in [6, 6.07) is 8.45. The van der Waals surface area contributed by atoms with Gasteiger partial charge in [-0.15, -0.1) is 11.8 Å². The number of rotatable bonds is 6. The van der Waals surface area contributed by atoms with Crippen LogP contribution < -0.4 is 5.73 Å². The molecule has 1 atom stereocenters. The van der Waals surface area contributed by atoms with E-state index in [9.17, 15) is 0 Å². The van der Waals surface area contributed by atoms with E-state index in [2.05, 4.69) is 43.2 Å². The Morgan fingerprint density at radius 1 is 1.33 bits per heavy atom. The van der Waals surface area contributed by atoms with Crippen LogP contribution in [-0.2, 0) is 13.0 Å². The molecule has 0 saturated heterocycles. The Kier molecular flexibility index (Phi) is 5.73. The van der Waals surface area contributed by atoms with Gasteiger partial charge in [0.25, 0.3) is 0 Å². The minimum absolute atomic E-state index is 0.0634. The van der Waals surface area contributed by atoms with E-state index in [-0.39, 0.29) is 6.04 Å². The quantitative estimate of drug-likeness (QED) is 0.821. The normalized spacial score (nSPS) is 12.6. The number of nitrogens with zero attached hydrogens (tertiary/aromatic N) is 2. The topological polar surface area (TPSA) is 43.8 Å². The third-order valence-corrected chi connectivity index (χ3v) is 5.31. The van der Waals surface area contributed by atoms with Crippen molar-refractivity contribution in [3.8, 4) is 0 Å². The van der Waals surface area contributed by atoms with Crippen LogP contribution in [0.1, 0.15) is 23.9 Å². The van der Waals surface area contributed by atoms with E-state index in [0.29, 0.717) is 0 Å². The maximum Gasteiger partial charge on any atom is 0.0847 e.